The Bertz CT molecular complexity index is 968. The van der Waals surface area contributed by atoms with Crippen molar-refractivity contribution in [3.8, 4) is 0 Å². The largest absolute Gasteiger partial charge is 0.351 e. The van der Waals surface area contributed by atoms with Gasteiger partial charge in [0.25, 0.3) is 0 Å². The second kappa shape index (κ2) is 10.6. The quantitative estimate of drug-likeness (QED) is 0.652. The molecule has 0 aromatic heterocycles. The van der Waals surface area contributed by atoms with Gasteiger partial charge in [0.1, 0.15) is 11.9 Å². The predicted octanol–water partition coefficient (Wildman–Crippen LogP) is 4.02. The van der Waals surface area contributed by atoms with Gasteiger partial charge in [0.15, 0.2) is 0 Å². The van der Waals surface area contributed by atoms with Crippen LogP contribution in [0.3, 0.4) is 0 Å². The number of nitrogens with one attached hydrogen (secondary N) is 2. The average molecular weight is 452 g/mol. The van der Waals surface area contributed by atoms with Gasteiger partial charge in [-0.1, -0.05) is 56.0 Å². The summed E-state index contributed by atoms with van der Waals surface area (Å²) < 4.78 is 13.7. The van der Waals surface area contributed by atoms with E-state index in [1.165, 1.54) is 29.2 Å². The number of amides is 3. The highest BCUT2D eigenvalue weighted by Crippen LogP contribution is 2.30. The summed E-state index contributed by atoms with van der Waals surface area (Å²) in [7, 11) is 0. The van der Waals surface area contributed by atoms with Gasteiger partial charge >= 0.3 is 11.8 Å². The Hall–Kier alpha value is -3.22. The third-order valence-corrected chi connectivity index (χ3v) is 6.53. The maximum absolute atomic E-state index is 13.7. The van der Waals surface area contributed by atoms with Crippen LogP contribution in [0.15, 0.2) is 54.6 Å². The van der Waals surface area contributed by atoms with Crippen molar-refractivity contribution in [2.24, 2.45) is 0 Å². The molecule has 6 nitrogen and oxygen atoms in total. The maximum atomic E-state index is 13.7. The molecule has 174 valence electrons. The zero-order chi connectivity index (χ0) is 23.2. The predicted molar refractivity (Wildman–Crippen MR) is 124 cm³/mol. The zero-order valence-electron chi connectivity index (χ0n) is 18.6. The fourth-order valence-electron chi connectivity index (χ4n) is 4.82. The summed E-state index contributed by atoms with van der Waals surface area (Å²) in [6, 6.07) is 13.2. The highest BCUT2D eigenvalue weighted by atomic mass is 19.1. The van der Waals surface area contributed by atoms with Crippen LogP contribution in [-0.2, 0) is 14.4 Å². The summed E-state index contributed by atoms with van der Waals surface area (Å²) >= 11 is 0. The summed E-state index contributed by atoms with van der Waals surface area (Å²) in [5.41, 5.74) is 0.873. The van der Waals surface area contributed by atoms with Crippen molar-refractivity contribution in [1.82, 2.24) is 10.6 Å². The molecule has 0 spiro atoms. The molecule has 2 saturated carbocycles. The molecule has 3 amide bonds. The number of anilines is 1. The SMILES string of the molecule is O=C(NC1CCCC1)C(=O)N(c1ccc(F)cc1)[C@@H](C(=O)NC1CCCC1)c1ccccc1. The second-order valence-electron chi connectivity index (χ2n) is 8.91. The van der Waals surface area contributed by atoms with Crippen molar-refractivity contribution in [2.45, 2.75) is 69.5 Å². The Kier molecular flexibility index (Phi) is 7.37. The minimum absolute atomic E-state index is 0.0426. The van der Waals surface area contributed by atoms with Gasteiger partial charge < -0.3 is 10.6 Å². The molecule has 2 aliphatic carbocycles. The lowest BCUT2D eigenvalue weighted by molar-refractivity contribution is -0.139. The van der Waals surface area contributed by atoms with E-state index in [1.807, 2.05) is 6.07 Å². The number of hydrogen-bond donors (Lipinski definition) is 2. The lowest BCUT2D eigenvalue weighted by Gasteiger charge is -2.32. The molecular formula is C26H30FN3O3. The number of halogens is 1. The van der Waals surface area contributed by atoms with E-state index in [4.69, 9.17) is 0 Å². The molecule has 0 bridgehead atoms. The average Bonchev–Trinajstić information content (AvgIpc) is 3.52. The molecule has 0 unspecified atom stereocenters. The van der Waals surface area contributed by atoms with Gasteiger partial charge in [-0.3, -0.25) is 19.3 Å². The Morgan fingerprint density at radius 3 is 1.91 bits per heavy atom. The molecule has 2 aliphatic rings. The molecule has 2 N–H and O–H groups in total. The number of benzene rings is 2. The second-order valence-corrected chi connectivity index (χ2v) is 8.91. The summed E-state index contributed by atoms with van der Waals surface area (Å²) in [5, 5.41) is 5.89. The minimum atomic E-state index is -1.06. The van der Waals surface area contributed by atoms with E-state index in [9.17, 15) is 18.8 Å². The molecule has 2 aromatic carbocycles. The summed E-state index contributed by atoms with van der Waals surface area (Å²) in [6.07, 6.45) is 7.56. The third kappa shape index (κ3) is 5.59. The highest BCUT2D eigenvalue weighted by molar-refractivity contribution is 6.41. The van der Waals surface area contributed by atoms with Crippen molar-refractivity contribution < 1.29 is 18.8 Å². The first-order valence-electron chi connectivity index (χ1n) is 11.8. The monoisotopic (exact) mass is 451 g/mol. The smallest absolute Gasteiger partial charge is 0.317 e. The van der Waals surface area contributed by atoms with Gasteiger partial charge in [-0.2, -0.15) is 0 Å². The van der Waals surface area contributed by atoms with Gasteiger partial charge in [-0.05, 0) is 55.5 Å². The number of rotatable bonds is 6. The Balaban J connectivity index is 1.70. The first-order valence-corrected chi connectivity index (χ1v) is 11.8. The molecule has 2 aromatic rings. The molecule has 0 radical (unpaired) electrons. The van der Waals surface area contributed by atoms with Gasteiger partial charge in [0.2, 0.25) is 5.91 Å². The van der Waals surface area contributed by atoms with Crippen molar-refractivity contribution in [3.63, 3.8) is 0 Å². The van der Waals surface area contributed by atoms with E-state index < -0.39 is 23.7 Å². The Morgan fingerprint density at radius 1 is 0.788 bits per heavy atom. The van der Waals surface area contributed by atoms with Crippen LogP contribution in [0, 0.1) is 5.82 Å². The Labute approximate surface area is 193 Å². The van der Waals surface area contributed by atoms with Crippen molar-refractivity contribution >= 4 is 23.4 Å². The molecule has 2 fully saturated rings. The lowest BCUT2D eigenvalue weighted by Crippen LogP contribution is -2.51. The van der Waals surface area contributed by atoms with Gasteiger partial charge in [0.05, 0.1) is 0 Å². The number of carbonyl (C=O) groups is 3. The van der Waals surface area contributed by atoms with Gasteiger partial charge in [0, 0.05) is 17.8 Å². The van der Waals surface area contributed by atoms with E-state index in [-0.39, 0.29) is 18.0 Å². The Morgan fingerprint density at radius 2 is 1.33 bits per heavy atom. The normalized spacial score (nSPS) is 17.5. The molecule has 7 heteroatoms. The lowest BCUT2D eigenvalue weighted by atomic mass is 10.0. The fourth-order valence-corrected chi connectivity index (χ4v) is 4.82. The number of carbonyl (C=O) groups excluding carboxylic acids is 3. The van der Waals surface area contributed by atoms with E-state index in [0.29, 0.717) is 11.3 Å². The minimum Gasteiger partial charge on any atom is -0.351 e. The topological polar surface area (TPSA) is 78.5 Å². The first-order chi connectivity index (χ1) is 16.0. The van der Waals surface area contributed by atoms with Crippen molar-refractivity contribution in [3.05, 3.63) is 66.0 Å². The van der Waals surface area contributed by atoms with E-state index in [0.717, 1.165) is 51.4 Å². The molecular weight excluding hydrogens is 421 g/mol. The molecule has 4 rings (SSSR count). The van der Waals surface area contributed by atoms with Crippen LogP contribution in [-0.4, -0.2) is 29.8 Å². The van der Waals surface area contributed by atoms with Gasteiger partial charge in [-0.15, -0.1) is 0 Å². The summed E-state index contributed by atoms with van der Waals surface area (Å²) in [6.45, 7) is 0. The van der Waals surface area contributed by atoms with E-state index in [1.54, 1.807) is 24.3 Å². The number of nitrogens with zero attached hydrogens (tertiary/aromatic N) is 1. The van der Waals surface area contributed by atoms with Crippen molar-refractivity contribution in [1.29, 1.82) is 0 Å². The third-order valence-electron chi connectivity index (χ3n) is 6.53. The molecule has 0 aliphatic heterocycles. The van der Waals surface area contributed by atoms with Crippen LogP contribution in [0.25, 0.3) is 0 Å². The zero-order valence-corrected chi connectivity index (χ0v) is 18.6. The first kappa shape index (κ1) is 23.0. The molecule has 0 saturated heterocycles. The van der Waals surface area contributed by atoms with Gasteiger partial charge in [-0.25, -0.2) is 4.39 Å². The maximum Gasteiger partial charge on any atom is 0.317 e. The van der Waals surface area contributed by atoms with Crippen LogP contribution in [0.5, 0.6) is 0 Å². The van der Waals surface area contributed by atoms with Crippen LogP contribution < -0.4 is 15.5 Å². The summed E-state index contributed by atoms with van der Waals surface area (Å²) in [4.78, 5) is 41.2. The number of hydrogen-bond acceptors (Lipinski definition) is 3. The van der Waals surface area contributed by atoms with Crippen LogP contribution in [0.4, 0.5) is 10.1 Å². The van der Waals surface area contributed by atoms with Crippen molar-refractivity contribution in [2.75, 3.05) is 4.90 Å². The summed E-state index contributed by atoms with van der Waals surface area (Å²) in [5.74, 6) is -2.39. The van der Waals surface area contributed by atoms with Crippen LogP contribution >= 0.6 is 0 Å². The fraction of sp³-hybridized carbons (Fsp3) is 0.423. The molecule has 33 heavy (non-hydrogen) atoms. The van der Waals surface area contributed by atoms with Crippen LogP contribution in [0.2, 0.25) is 0 Å². The van der Waals surface area contributed by atoms with E-state index in [2.05, 4.69) is 10.6 Å². The van der Waals surface area contributed by atoms with Crippen LogP contribution in [0.1, 0.15) is 63.0 Å². The molecule has 1 atom stereocenters. The highest BCUT2D eigenvalue weighted by Gasteiger charge is 2.37. The standard InChI is InChI=1S/C26H30FN3O3/c27-19-14-16-22(17-15-19)30(26(33)25(32)29-21-12-6-7-13-21)23(18-8-2-1-3-9-18)24(31)28-20-10-4-5-11-20/h1-3,8-9,14-17,20-21,23H,4-7,10-13H2,(H,28,31)(H,29,32)/t23-/m1/s1. The molecule has 0 heterocycles. The van der Waals surface area contributed by atoms with E-state index >= 15 is 0 Å².